The summed E-state index contributed by atoms with van der Waals surface area (Å²) < 4.78 is 1.94. The number of benzene rings is 1. The summed E-state index contributed by atoms with van der Waals surface area (Å²) in [6.45, 7) is 3.00. The molecule has 0 aliphatic rings. The highest BCUT2D eigenvalue weighted by Gasteiger charge is 2.13. The summed E-state index contributed by atoms with van der Waals surface area (Å²) in [7, 11) is 1.93. The van der Waals surface area contributed by atoms with Gasteiger partial charge >= 0.3 is 5.97 Å². The van der Waals surface area contributed by atoms with E-state index in [4.69, 9.17) is 5.11 Å². The average molecular weight is 273 g/mol. The lowest BCUT2D eigenvalue weighted by molar-refractivity contribution is -0.141. The van der Waals surface area contributed by atoms with Crippen LogP contribution in [-0.2, 0) is 11.3 Å². The molecule has 0 fully saturated rings. The smallest absolute Gasteiger partial charge is 0.307 e. The summed E-state index contributed by atoms with van der Waals surface area (Å²) in [6, 6.07) is 8.17. The third-order valence-electron chi connectivity index (χ3n) is 3.20. The lowest BCUT2D eigenvalue weighted by Gasteiger charge is -2.19. The van der Waals surface area contributed by atoms with Crippen molar-refractivity contribution < 1.29 is 9.90 Å². The van der Waals surface area contributed by atoms with Crippen LogP contribution in [0.3, 0.4) is 0 Å². The summed E-state index contributed by atoms with van der Waals surface area (Å²) in [5, 5.41) is 8.90. The third kappa shape index (κ3) is 3.68. The van der Waals surface area contributed by atoms with E-state index in [-0.39, 0.29) is 5.92 Å². The summed E-state index contributed by atoms with van der Waals surface area (Å²) in [5.41, 5.74) is 2.22. The van der Waals surface area contributed by atoms with Crippen LogP contribution >= 0.6 is 0 Å². The van der Waals surface area contributed by atoms with Gasteiger partial charge in [0.2, 0.25) is 0 Å². The number of carbonyl (C=O) groups is 1. The van der Waals surface area contributed by atoms with Gasteiger partial charge in [0, 0.05) is 31.2 Å². The van der Waals surface area contributed by atoms with Gasteiger partial charge in [0.25, 0.3) is 0 Å². The Hall–Kier alpha value is -2.14. The molecule has 2 rings (SSSR count). The molecule has 1 aromatic carbocycles. The molecule has 0 spiro atoms. The van der Waals surface area contributed by atoms with Gasteiger partial charge in [0.1, 0.15) is 0 Å². The molecule has 2 aromatic rings. The van der Waals surface area contributed by atoms with Gasteiger partial charge in [-0.3, -0.25) is 4.79 Å². The number of hydrogen-bond donors (Lipinski definition) is 1. The maximum atomic E-state index is 10.8. The first-order valence-corrected chi connectivity index (χ1v) is 6.55. The molecule has 1 unspecified atom stereocenters. The topological polar surface area (TPSA) is 58.4 Å². The van der Waals surface area contributed by atoms with Gasteiger partial charge in [-0.05, 0) is 24.7 Å². The molecule has 1 aromatic heterocycles. The minimum atomic E-state index is -0.757. The van der Waals surface area contributed by atoms with Crippen LogP contribution in [0.5, 0.6) is 0 Å². The number of hydrogen-bond acceptors (Lipinski definition) is 3. The number of aliphatic carboxylic acids is 1. The van der Waals surface area contributed by atoms with E-state index in [0.29, 0.717) is 6.54 Å². The van der Waals surface area contributed by atoms with Crippen LogP contribution < -0.4 is 0 Å². The van der Waals surface area contributed by atoms with E-state index in [9.17, 15) is 4.79 Å². The van der Waals surface area contributed by atoms with Gasteiger partial charge in [-0.15, -0.1) is 0 Å². The molecule has 0 amide bonds. The number of nitrogens with zero attached hydrogens (tertiary/aromatic N) is 3. The highest BCUT2D eigenvalue weighted by molar-refractivity contribution is 5.69. The summed E-state index contributed by atoms with van der Waals surface area (Å²) >= 11 is 0. The highest BCUT2D eigenvalue weighted by Crippen LogP contribution is 2.11. The Morgan fingerprint density at radius 2 is 2.10 bits per heavy atom. The monoisotopic (exact) mass is 273 g/mol. The van der Waals surface area contributed by atoms with Crippen LogP contribution in [0.2, 0.25) is 0 Å². The van der Waals surface area contributed by atoms with E-state index < -0.39 is 5.97 Å². The predicted octanol–water partition coefficient (Wildman–Crippen LogP) is 2.02. The van der Waals surface area contributed by atoms with Crippen molar-refractivity contribution in [3.63, 3.8) is 0 Å². The largest absolute Gasteiger partial charge is 0.481 e. The molecular formula is C15H19N3O2. The molecule has 1 N–H and O–H groups in total. The molecule has 5 nitrogen and oxygen atoms in total. The zero-order valence-corrected chi connectivity index (χ0v) is 11.7. The van der Waals surface area contributed by atoms with Gasteiger partial charge in [-0.2, -0.15) is 0 Å². The first-order chi connectivity index (χ1) is 9.56. The fourth-order valence-electron chi connectivity index (χ4n) is 2.11. The SMILES string of the molecule is CC(CN(C)Cc1ccc(-n2ccnc2)cc1)C(=O)O. The Labute approximate surface area is 118 Å². The first kappa shape index (κ1) is 14.3. The standard InChI is InChI=1S/C15H19N3O2/c1-12(15(19)20)9-17(2)10-13-3-5-14(6-4-13)18-8-7-16-11-18/h3-8,11-12H,9-10H2,1-2H3,(H,19,20). The molecular weight excluding hydrogens is 254 g/mol. The molecule has 106 valence electrons. The Morgan fingerprint density at radius 1 is 1.40 bits per heavy atom. The lowest BCUT2D eigenvalue weighted by atomic mass is 10.1. The molecule has 1 heterocycles. The van der Waals surface area contributed by atoms with Crippen LogP contribution in [0.1, 0.15) is 12.5 Å². The zero-order valence-electron chi connectivity index (χ0n) is 11.7. The molecule has 0 saturated carbocycles. The Bertz CT molecular complexity index is 549. The molecule has 0 radical (unpaired) electrons. The highest BCUT2D eigenvalue weighted by atomic mass is 16.4. The summed E-state index contributed by atoms with van der Waals surface area (Å²) in [4.78, 5) is 16.9. The van der Waals surface area contributed by atoms with Gasteiger partial charge in [0.15, 0.2) is 0 Å². The second-order valence-electron chi connectivity index (χ2n) is 5.07. The summed E-state index contributed by atoms with van der Waals surface area (Å²) in [5.74, 6) is -1.11. The molecule has 0 aliphatic carbocycles. The Kier molecular flexibility index (Phi) is 4.53. The van der Waals surface area contributed by atoms with E-state index >= 15 is 0 Å². The zero-order chi connectivity index (χ0) is 14.5. The van der Waals surface area contributed by atoms with E-state index in [1.807, 2.05) is 34.8 Å². The van der Waals surface area contributed by atoms with E-state index in [2.05, 4.69) is 17.1 Å². The Morgan fingerprint density at radius 3 is 2.65 bits per heavy atom. The van der Waals surface area contributed by atoms with Gasteiger partial charge in [-0.1, -0.05) is 19.1 Å². The van der Waals surface area contributed by atoms with Crippen molar-refractivity contribution >= 4 is 5.97 Å². The van der Waals surface area contributed by atoms with Crippen molar-refractivity contribution in [3.8, 4) is 5.69 Å². The van der Waals surface area contributed by atoms with Crippen LogP contribution in [0.25, 0.3) is 5.69 Å². The fourth-order valence-corrected chi connectivity index (χ4v) is 2.11. The molecule has 0 saturated heterocycles. The minimum absolute atomic E-state index is 0.356. The van der Waals surface area contributed by atoms with E-state index in [0.717, 1.165) is 17.8 Å². The number of rotatable bonds is 6. The first-order valence-electron chi connectivity index (χ1n) is 6.55. The van der Waals surface area contributed by atoms with Crippen molar-refractivity contribution in [2.24, 2.45) is 5.92 Å². The van der Waals surface area contributed by atoms with Gasteiger partial charge in [0.05, 0.1) is 12.2 Å². The van der Waals surface area contributed by atoms with Crippen molar-refractivity contribution in [2.75, 3.05) is 13.6 Å². The van der Waals surface area contributed by atoms with Crippen LogP contribution in [0.4, 0.5) is 0 Å². The number of carboxylic acid groups (broad SMARTS) is 1. The van der Waals surface area contributed by atoms with Crippen molar-refractivity contribution in [2.45, 2.75) is 13.5 Å². The maximum Gasteiger partial charge on any atom is 0.307 e. The van der Waals surface area contributed by atoms with E-state index in [1.165, 1.54) is 0 Å². The van der Waals surface area contributed by atoms with Crippen LogP contribution in [-0.4, -0.2) is 39.1 Å². The maximum absolute atomic E-state index is 10.8. The quantitative estimate of drug-likeness (QED) is 0.875. The third-order valence-corrected chi connectivity index (χ3v) is 3.20. The average Bonchev–Trinajstić information content (AvgIpc) is 2.93. The summed E-state index contributed by atoms with van der Waals surface area (Å²) in [6.07, 6.45) is 5.40. The minimum Gasteiger partial charge on any atom is -0.481 e. The predicted molar refractivity (Wildman–Crippen MR) is 76.7 cm³/mol. The molecule has 1 atom stereocenters. The number of imidazole rings is 1. The second kappa shape index (κ2) is 6.34. The molecule has 0 aliphatic heterocycles. The number of aromatic nitrogens is 2. The Balaban J connectivity index is 1.95. The molecule has 5 heteroatoms. The second-order valence-corrected chi connectivity index (χ2v) is 5.07. The van der Waals surface area contributed by atoms with E-state index in [1.54, 1.807) is 19.4 Å². The van der Waals surface area contributed by atoms with Crippen molar-refractivity contribution in [3.05, 3.63) is 48.5 Å². The van der Waals surface area contributed by atoms with Crippen LogP contribution in [0, 0.1) is 5.92 Å². The fraction of sp³-hybridized carbons (Fsp3) is 0.333. The van der Waals surface area contributed by atoms with Gasteiger partial charge < -0.3 is 14.6 Å². The van der Waals surface area contributed by atoms with Gasteiger partial charge in [-0.25, -0.2) is 4.98 Å². The molecule has 0 bridgehead atoms. The normalized spacial score (nSPS) is 12.6. The van der Waals surface area contributed by atoms with Crippen LogP contribution in [0.15, 0.2) is 43.0 Å². The molecule has 20 heavy (non-hydrogen) atoms. The van der Waals surface area contributed by atoms with Crippen molar-refractivity contribution in [1.29, 1.82) is 0 Å². The number of carboxylic acids is 1. The lowest BCUT2D eigenvalue weighted by Crippen LogP contribution is -2.28. The van der Waals surface area contributed by atoms with Crippen molar-refractivity contribution in [1.82, 2.24) is 14.5 Å².